The van der Waals surface area contributed by atoms with E-state index in [1.807, 2.05) is 0 Å². The molecule has 0 aliphatic carbocycles. The van der Waals surface area contributed by atoms with Crippen molar-refractivity contribution in [1.82, 2.24) is 0 Å². The zero-order chi connectivity index (χ0) is 4.50. The molecule has 0 N–H and O–H groups in total. The number of rotatable bonds is 0. The van der Waals surface area contributed by atoms with Crippen molar-refractivity contribution in [3.8, 4) is 0 Å². The Balaban J connectivity index is -0.0000000267. The normalized spacial score (nSPS) is 7.50. The van der Waals surface area contributed by atoms with Gasteiger partial charge in [0.25, 0.3) is 0 Å². The van der Waals surface area contributed by atoms with Gasteiger partial charge in [-0.2, -0.15) is 13.2 Å². The van der Waals surface area contributed by atoms with Crippen LogP contribution in [0.15, 0.2) is 0 Å². The van der Waals surface area contributed by atoms with E-state index in [2.05, 4.69) is 0 Å². The number of hydrogen-bond donors (Lipinski definition) is 0. The Bertz CT molecular complexity index is 28.0. The molecule has 6 heteroatoms. The monoisotopic (exact) mass is 192 g/mol. The van der Waals surface area contributed by atoms with Crippen LogP contribution in [0, 0.1) is 0 Å². The van der Waals surface area contributed by atoms with E-state index in [0.29, 0.717) is 0 Å². The molecule has 0 aliphatic heterocycles. The standard InChI is InChI=1S/C2H3F3.3ClH/c1-2(3,4)5;;;/h1H3;3*1H. The molecule has 0 radical (unpaired) electrons. The minimum absolute atomic E-state index is 0. The summed E-state index contributed by atoms with van der Waals surface area (Å²) in [4.78, 5) is 0. The summed E-state index contributed by atoms with van der Waals surface area (Å²) in [5.41, 5.74) is 0. The van der Waals surface area contributed by atoms with E-state index < -0.39 is 6.18 Å². The fourth-order valence-corrected chi connectivity index (χ4v) is 0. The Morgan fingerprint density at radius 2 is 0.875 bits per heavy atom. The van der Waals surface area contributed by atoms with E-state index in [1.165, 1.54) is 0 Å². The largest absolute Gasteiger partial charge is 0.386 e. The first-order valence-corrected chi connectivity index (χ1v) is 1.07. The van der Waals surface area contributed by atoms with Gasteiger partial charge in [0.1, 0.15) is 0 Å². The van der Waals surface area contributed by atoms with Gasteiger partial charge in [0.2, 0.25) is 0 Å². The van der Waals surface area contributed by atoms with Crippen molar-refractivity contribution in [2.45, 2.75) is 13.1 Å². The highest BCUT2D eigenvalue weighted by Gasteiger charge is 2.15. The first-order valence-electron chi connectivity index (χ1n) is 1.07. The second-order valence-electron chi connectivity index (χ2n) is 0.781. The second-order valence-corrected chi connectivity index (χ2v) is 0.781. The molecule has 0 aromatic heterocycles. The van der Waals surface area contributed by atoms with Gasteiger partial charge in [-0.1, -0.05) is 0 Å². The van der Waals surface area contributed by atoms with E-state index in [-0.39, 0.29) is 44.1 Å². The lowest BCUT2D eigenvalue weighted by molar-refractivity contribution is -0.110. The topological polar surface area (TPSA) is 0 Å². The van der Waals surface area contributed by atoms with Crippen LogP contribution in [-0.2, 0) is 0 Å². The van der Waals surface area contributed by atoms with Crippen molar-refractivity contribution < 1.29 is 13.2 Å². The van der Waals surface area contributed by atoms with Gasteiger partial charge in [0, 0.05) is 6.92 Å². The molecule has 0 aromatic carbocycles. The number of halogens is 6. The summed E-state index contributed by atoms with van der Waals surface area (Å²) < 4.78 is 31.1. The van der Waals surface area contributed by atoms with E-state index in [1.54, 1.807) is 0 Å². The average Bonchev–Trinajstić information content (AvgIpc) is 0.722. The van der Waals surface area contributed by atoms with Crippen molar-refractivity contribution in [1.29, 1.82) is 0 Å². The summed E-state index contributed by atoms with van der Waals surface area (Å²) in [5, 5.41) is 0. The van der Waals surface area contributed by atoms with Crippen LogP contribution in [0.1, 0.15) is 6.92 Å². The van der Waals surface area contributed by atoms with E-state index in [0.717, 1.165) is 0 Å². The molecule has 0 unspecified atom stereocenters. The van der Waals surface area contributed by atoms with Crippen LogP contribution >= 0.6 is 37.2 Å². The lowest BCUT2D eigenvalue weighted by atomic mass is 10.8. The SMILES string of the molecule is CC(F)(F)F.Cl.Cl.Cl. The first kappa shape index (κ1) is 23.4. The van der Waals surface area contributed by atoms with Gasteiger partial charge < -0.3 is 0 Å². The zero-order valence-corrected chi connectivity index (χ0v) is 6.31. The van der Waals surface area contributed by atoms with Crippen LogP contribution in [-0.4, -0.2) is 6.18 Å². The van der Waals surface area contributed by atoms with Crippen LogP contribution < -0.4 is 0 Å². The van der Waals surface area contributed by atoms with Crippen molar-refractivity contribution >= 4 is 37.2 Å². The molecule has 0 rings (SSSR count). The summed E-state index contributed by atoms with van der Waals surface area (Å²) in [6.45, 7) is 0.188. The molecule has 0 heterocycles. The Morgan fingerprint density at radius 3 is 0.875 bits per heavy atom. The predicted molar refractivity (Wildman–Crippen MR) is 33.5 cm³/mol. The third kappa shape index (κ3) is 490. The highest BCUT2D eigenvalue weighted by Crippen LogP contribution is 2.10. The van der Waals surface area contributed by atoms with Crippen molar-refractivity contribution in [3.63, 3.8) is 0 Å². The minimum atomic E-state index is -4.00. The molecule has 0 bridgehead atoms. The van der Waals surface area contributed by atoms with Crippen molar-refractivity contribution in [2.24, 2.45) is 0 Å². The van der Waals surface area contributed by atoms with Crippen LogP contribution in [0.25, 0.3) is 0 Å². The molecule has 0 nitrogen and oxygen atoms in total. The zero-order valence-electron chi connectivity index (χ0n) is 3.86. The lowest BCUT2D eigenvalue weighted by Crippen LogP contribution is -1.95. The average molecular weight is 193 g/mol. The first-order chi connectivity index (χ1) is 2.00. The molecule has 0 aliphatic rings. The molecule has 0 amide bonds. The molecular formula is C2H6Cl3F3. The molecule has 8 heavy (non-hydrogen) atoms. The molecule has 0 spiro atoms. The molecule has 56 valence electrons. The number of hydrogen-bond acceptors (Lipinski definition) is 0. The van der Waals surface area contributed by atoms with Gasteiger partial charge in [0.15, 0.2) is 0 Å². The Morgan fingerprint density at radius 1 is 0.875 bits per heavy atom. The predicted octanol–water partition coefficient (Wildman–Crippen LogP) is 2.83. The van der Waals surface area contributed by atoms with Gasteiger partial charge in [-0.25, -0.2) is 0 Å². The van der Waals surface area contributed by atoms with Gasteiger partial charge in [-0.3, -0.25) is 0 Å². The fourth-order valence-electron chi connectivity index (χ4n) is 0. The maximum atomic E-state index is 10.4. The fraction of sp³-hybridized carbons (Fsp3) is 1.00. The maximum Gasteiger partial charge on any atom is 0.386 e. The van der Waals surface area contributed by atoms with Crippen LogP contribution in [0.3, 0.4) is 0 Å². The molecule has 0 fully saturated rings. The third-order valence-electron chi connectivity index (χ3n) is 0. The quantitative estimate of drug-likeness (QED) is 0.555. The summed E-state index contributed by atoms with van der Waals surface area (Å²) >= 11 is 0. The van der Waals surface area contributed by atoms with Gasteiger partial charge >= 0.3 is 6.18 Å². The second kappa shape index (κ2) is 7.66. The molecule has 0 atom stereocenters. The van der Waals surface area contributed by atoms with Crippen molar-refractivity contribution in [2.75, 3.05) is 0 Å². The molecular weight excluding hydrogens is 187 g/mol. The van der Waals surface area contributed by atoms with Gasteiger partial charge in [-0.15, -0.1) is 37.2 Å². The van der Waals surface area contributed by atoms with E-state index >= 15 is 0 Å². The van der Waals surface area contributed by atoms with Crippen LogP contribution in [0.4, 0.5) is 13.2 Å². The van der Waals surface area contributed by atoms with E-state index in [4.69, 9.17) is 0 Å². The Labute approximate surface area is 64.1 Å². The minimum Gasteiger partial charge on any atom is -0.172 e. The number of alkyl halides is 3. The molecule has 0 aromatic rings. The summed E-state index contributed by atoms with van der Waals surface area (Å²) in [6.07, 6.45) is -4.00. The van der Waals surface area contributed by atoms with E-state index in [9.17, 15) is 13.2 Å². The maximum absolute atomic E-state index is 10.4. The van der Waals surface area contributed by atoms with Crippen LogP contribution in [0.5, 0.6) is 0 Å². The Hall–Kier alpha value is 0.660. The highest BCUT2D eigenvalue weighted by molar-refractivity contribution is 5.86. The summed E-state index contributed by atoms with van der Waals surface area (Å²) in [7, 11) is 0. The highest BCUT2D eigenvalue weighted by atomic mass is 35.5. The van der Waals surface area contributed by atoms with Gasteiger partial charge in [0.05, 0.1) is 0 Å². The smallest absolute Gasteiger partial charge is 0.172 e. The Kier molecular flexibility index (Phi) is 22.4. The van der Waals surface area contributed by atoms with Crippen molar-refractivity contribution in [3.05, 3.63) is 0 Å². The molecule has 0 saturated carbocycles. The van der Waals surface area contributed by atoms with Crippen LogP contribution in [0.2, 0.25) is 0 Å². The lowest BCUT2D eigenvalue weighted by Gasteiger charge is -1.88. The third-order valence-corrected chi connectivity index (χ3v) is 0. The summed E-state index contributed by atoms with van der Waals surface area (Å²) in [5.74, 6) is 0. The summed E-state index contributed by atoms with van der Waals surface area (Å²) in [6, 6.07) is 0. The molecule has 0 saturated heterocycles. The van der Waals surface area contributed by atoms with Gasteiger partial charge in [-0.05, 0) is 0 Å².